The van der Waals surface area contributed by atoms with Gasteiger partial charge >= 0.3 is 0 Å². The summed E-state index contributed by atoms with van der Waals surface area (Å²) in [5, 5.41) is 0.849. The summed E-state index contributed by atoms with van der Waals surface area (Å²) in [5.41, 5.74) is 8.13. The molecule has 1 aromatic carbocycles. The second-order valence-electron chi connectivity index (χ2n) is 5.04. The summed E-state index contributed by atoms with van der Waals surface area (Å²) in [5.74, 6) is 0. The van der Waals surface area contributed by atoms with Gasteiger partial charge in [0.25, 0.3) is 0 Å². The first kappa shape index (κ1) is 13.7. The lowest BCUT2D eigenvalue weighted by Crippen LogP contribution is -2.52. The fraction of sp³-hybridized carbons (Fsp3) is 0.571. The average molecular weight is 268 g/mol. The van der Waals surface area contributed by atoms with Crippen molar-refractivity contribution in [3.05, 3.63) is 28.8 Å². The van der Waals surface area contributed by atoms with Gasteiger partial charge in [-0.1, -0.05) is 17.7 Å². The molecule has 1 aliphatic rings. The third-order valence-electron chi connectivity index (χ3n) is 3.86. The molecule has 0 aromatic heterocycles. The van der Waals surface area contributed by atoms with Gasteiger partial charge in [-0.2, -0.15) is 0 Å². The van der Waals surface area contributed by atoms with Crippen LogP contribution in [0.3, 0.4) is 0 Å². The van der Waals surface area contributed by atoms with Crippen LogP contribution in [0.1, 0.15) is 12.0 Å². The number of piperazine rings is 1. The number of hydrogen-bond donors (Lipinski definition) is 1. The highest BCUT2D eigenvalue weighted by molar-refractivity contribution is 6.31. The van der Waals surface area contributed by atoms with Crippen LogP contribution in [0.2, 0.25) is 5.02 Å². The van der Waals surface area contributed by atoms with Crippen molar-refractivity contribution in [2.24, 2.45) is 5.73 Å². The van der Waals surface area contributed by atoms with Crippen LogP contribution < -0.4 is 10.6 Å². The van der Waals surface area contributed by atoms with Crippen molar-refractivity contribution in [1.29, 1.82) is 0 Å². The standard InChI is InChI=1S/C14H22ClN3/c1-11-13(15)4-3-5-14(11)18-9-8-17(2)12(10-18)6-7-16/h3-5,12H,6-10,16H2,1-2H3. The largest absolute Gasteiger partial charge is 0.368 e. The Morgan fingerprint density at radius 2 is 2.17 bits per heavy atom. The summed E-state index contributed by atoms with van der Waals surface area (Å²) in [6.07, 6.45) is 1.05. The average Bonchev–Trinajstić information content (AvgIpc) is 2.36. The van der Waals surface area contributed by atoms with Crippen LogP contribution in [-0.2, 0) is 0 Å². The second kappa shape index (κ2) is 5.91. The number of rotatable bonds is 3. The monoisotopic (exact) mass is 267 g/mol. The number of likely N-dealkylation sites (N-methyl/N-ethyl adjacent to an activating group) is 1. The van der Waals surface area contributed by atoms with Crippen LogP contribution in [0.4, 0.5) is 5.69 Å². The van der Waals surface area contributed by atoms with Gasteiger partial charge in [0.2, 0.25) is 0 Å². The zero-order valence-electron chi connectivity index (χ0n) is 11.2. The Balaban J connectivity index is 2.16. The number of benzene rings is 1. The molecule has 0 bridgehead atoms. The molecule has 1 saturated heterocycles. The summed E-state index contributed by atoms with van der Waals surface area (Å²) in [6.45, 7) is 6.01. The Labute approximate surface area is 115 Å². The molecule has 0 aliphatic carbocycles. The maximum Gasteiger partial charge on any atom is 0.0455 e. The van der Waals surface area contributed by atoms with Crippen molar-refractivity contribution < 1.29 is 0 Å². The predicted molar refractivity (Wildman–Crippen MR) is 78.5 cm³/mol. The van der Waals surface area contributed by atoms with Gasteiger partial charge in [0, 0.05) is 36.4 Å². The van der Waals surface area contributed by atoms with Gasteiger partial charge in [-0.25, -0.2) is 0 Å². The van der Waals surface area contributed by atoms with Crippen LogP contribution >= 0.6 is 11.6 Å². The van der Waals surface area contributed by atoms with Gasteiger partial charge in [-0.05, 0) is 44.6 Å². The van der Waals surface area contributed by atoms with E-state index in [1.807, 2.05) is 12.1 Å². The van der Waals surface area contributed by atoms with E-state index in [2.05, 4.69) is 29.8 Å². The van der Waals surface area contributed by atoms with E-state index in [4.69, 9.17) is 17.3 Å². The maximum atomic E-state index is 6.20. The summed E-state index contributed by atoms with van der Waals surface area (Å²) >= 11 is 6.20. The molecule has 0 amide bonds. The Morgan fingerprint density at radius 1 is 1.39 bits per heavy atom. The van der Waals surface area contributed by atoms with E-state index in [9.17, 15) is 0 Å². The first-order chi connectivity index (χ1) is 8.63. The Morgan fingerprint density at radius 3 is 2.89 bits per heavy atom. The first-order valence-electron chi connectivity index (χ1n) is 6.54. The summed E-state index contributed by atoms with van der Waals surface area (Å²) in [7, 11) is 2.18. The zero-order chi connectivity index (χ0) is 13.1. The fourth-order valence-electron chi connectivity index (χ4n) is 2.61. The smallest absolute Gasteiger partial charge is 0.0455 e. The minimum atomic E-state index is 0.544. The summed E-state index contributed by atoms with van der Waals surface area (Å²) in [4.78, 5) is 4.84. The molecular formula is C14H22ClN3. The zero-order valence-corrected chi connectivity index (χ0v) is 12.0. The van der Waals surface area contributed by atoms with Gasteiger partial charge in [0.05, 0.1) is 0 Å². The molecule has 3 nitrogen and oxygen atoms in total. The van der Waals surface area contributed by atoms with Crippen molar-refractivity contribution in [3.8, 4) is 0 Å². The van der Waals surface area contributed by atoms with Crippen molar-refractivity contribution in [2.75, 3.05) is 38.1 Å². The van der Waals surface area contributed by atoms with E-state index < -0.39 is 0 Å². The van der Waals surface area contributed by atoms with E-state index in [0.29, 0.717) is 6.04 Å². The Kier molecular flexibility index (Phi) is 4.49. The molecule has 1 atom stereocenters. The molecule has 18 heavy (non-hydrogen) atoms. The van der Waals surface area contributed by atoms with Gasteiger partial charge in [0.15, 0.2) is 0 Å². The number of halogens is 1. The van der Waals surface area contributed by atoms with Crippen LogP contribution in [0, 0.1) is 6.92 Å². The van der Waals surface area contributed by atoms with E-state index in [1.54, 1.807) is 0 Å². The number of hydrogen-bond acceptors (Lipinski definition) is 3. The van der Waals surface area contributed by atoms with Gasteiger partial charge < -0.3 is 10.6 Å². The number of nitrogens with two attached hydrogens (primary N) is 1. The molecule has 1 heterocycles. The molecule has 1 unspecified atom stereocenters. The summed E-state index contributed by atoms with van der Waals surface area (Å²) < 4.78 is 0. The second-order valence-corrected chi connectivity index (χ2v) is 5.45. The molecule has 100 valence electrons. The van der Waals surface area contributed by atoms with Crippen LogP contribution in [0.5, 0.6) is 0 Å². The van der Waals surface area contributed by atoms with Crippen molar-refractivity contribution >= 4 is 17.3 Å². The molecule has 1 fully saturated rings. The normalized spacial score (nSPS) is 21.3. The fourth-order valence-corrected chi connectivity index (χ4v) is 2.78. The highest BCUT2D eigenvalue weighted by Gasteiger charge is 2.24. The molecule has 1 aliphatic heterocycles. The van der Waals surface area contributed by atoms with Crippen molar-refractivity contribution in [1.82, 2.24) is 4.90 Å². The topological polar surface area (TPSA) is 32.5 Å². The predicted octanol–water partition coefficient (Wildman–Crippen LogP) is 2.12. The van der Waals surface area contributed by atoms with E-state index in [-0.39, 0.29) is 0 Å². The van der Waals surface area contributed by atoms with Crippen molar-refractivity contribution in [2.45, 2.75) is 19.4 Å². The molecule has 0 saturated carbocycles. The third-order valence-corrected chi connectivity index (χ3v) is 4.27. The Hall–Kier alpha value is -0.770. The third kappa shape index (κ3) is 2.79. The minimum Gasteiger partial charge on any atom is -0.368 e. The molecule has 0 radical (unpaired) electrons. The lowest BCUT2D eigenvalue weighted by molar-refractivity contribution is 0.210. The lowest BCUT2D eigenvalue weighted by atomic mass is 10.1. The van der Waals surface area contributed by atoms with Gasteiger partial charge in [-0.15, -0.1) is 0 Å². The van der Waals surface area contributed by atoms with Gasteiger partial charge in [-0.3, -0.25) is 4.90 Å². The molecule has 0 spiro atoms. The van der Waals surface area contributed by atoms with E-state index in [1.165, 1.54) is 11.3 Å². The molecule has 2 rings (SSSR count). The molecule has 2 N–H and O–H groups in total. The minimum absolute atomic E-state index is 0.544. The first-order valence-corrected chi connectivity index (χ1v) is 6.91. The van der Waals surface area contributed by atoms with Crippen LogP contribution in [0.25, 0.3) is 0 Å². The van der Waals surface area contributed by atoms with Crippen LogP contribution in [0.15, 0.2) is 18.2 Å². The number of nitrogens with zero attached hydrogens (tertiary/aromatic N) is 2. The lowest BCUT2D eigenvalue weighted by Gasteiger charge is -2.41. The van der Waals surface area contributed by atoms with Gasteiger partial charge in [0.1, 0.15) is 0 Å². The highest BCUT2D eigenvalue weighted by Crippen LogP contribution is 2.28. The van der Waals surface area contributed by atoms with Crippen molar-refractivity contribution in [3.63, 3.8) is 0 Å². The molecule has 1 aromatic rings. The molecular weight excluding hydrogens is 246 g/mol. The number of anilines is 1. The van der Waals surface area contributed by atoms with Crippen LogP contribution in [-0.4, -0.2) is 44.2 Å². The summed E-state index contributed by atoms with van der Waals surface area (Å²) in [6, 6.07) is 6.68. The molecule has 4 heteroatoms. The highest BCUT2D eigenvalue weighted by atomic mass is 35.5. The quantitative estimate of drug-likeness (QED) is 0.911. The Bertz CT molecular complexity index is 408. The van der Waals surface area contributed by atoms with E-state index >= 15 is 0 Å². The maximum absolute atomic E-state index is 6.20. The van der Waals surface area contributed by atoms with E-state index in [0.717, 1.165) is 37.6 Å². The SMILES string of the molecule is Cc1c(Cl)cccc1N1CCN(C)C(CCN)C1.